The summed E-state index contributed by atoms with van der Waals surface area (Å²) in [6.07, 6.45) is 0. The second-order valence-electron chi connectivity index (χ2n) is 4.65. The standard InChI is InChI=1S/C16H15ClN4OS/c1-2-22-15-10-6-5-9-14(15)21-16(18-19-20-21)23-11-12-7-3-4-8-13(12)17/h3-10H,2,11H2,1H3. The number of aromatic nitrogens is 4. The molecule has 0 saturated carbocycles. The Morgan fingerprint density at radius 2 is 1.91 bits per heavy atom. The number of benzene rings is 2. The second-order valence-corrected chi connectivity index (χ2v) is 6.00. The van der Waals surface area contributed by atoms with E-state index in [9.17, 15) is 0 Å². The van der Waals surface area contributed by atoms with Crippen molar-refractivity contribution < 1.29 is 4.74 Å². The molecule has 0 bridgehead atoms. The van der Waals surface area contributed by atoms with E-state index in [-0.39, 0.29) is 0 Å². The fourth-order valence-electron chi connectivity index (χ4n) is 2.09. The Labute approximate surface area is 143 Å². The minimum atomic E-state index is 0.585. The lowest BCUT2D eigenvalue weighted by molar-refractivity contribution is 0.337. The van der Waals surface area contributed by atoms with Crippen LogP contribution in [0.25, 0.3) is 5.69 Å². The maximum Gasteiger partial charge on any atom is 0.214 e. The average molecular weight is 347 g/mol. The van der Waals surface area contributed by atoms with Gasteiger partial charge in [0.2, 0.25) is 5.16 Å². The van der Waals surface area contributed by atoms with Crippen molar-refractivity contribution in [3.05, 3.63) is 59.1 Å². The van der Waals surface area contributed by atoms with Gasteiger partial charge in [0, 0.05) is 10.8 Å². The molecule has 1 aromatic heterocycles. The molecule has 0 fully saturated rings. The molecule has 23 heavy (non-hydrogen) atoms. The summed E-state index contributed by atoms with van der Waals surface area (Å²) >= 11 is 7.73. The van der Waals surface area contributed by atoms with Crippen LogP contribution in [0.2, 0.25) is 5.02 Å². The van der Waals surface area contributed by atoms with E-state index in [2.05, 4.69) is 15.5 Å². The van der Waals surface area contributed by atoms with Crippen LogP contribution < -0.4 is 4.74 Å². The number of halogens is 1. The maximum absolute atomic E-state index is 6.20. The topological polar surface area (TPSA) is 52.8 Å². The third kappa shape index (κ3) is 3.65. The van der Waals surface area contributed by atoms with Crippen LogP contribution in [0.5, 0.6) is 5.75 Å². The van der Waals surface area contributed by atoms with Gasteiger partial charge in [0.1, 0.15) is 11.4 Å². The van der Waals surface area contributed by atoms with Gasteiger partial charge in [-0.2, -0.15) is 4.68 Å². The van der Waals surface area contributed by atoms with Gasteiger partial charge in [-0.25, -0.2) is 0 Å². The van der Waals surface area contributed by atoms with E-state index >= 15 is 0 Å². The fraction of sp³-hybridized carbons (Fsp3) is 0.188. The molecule has 0 saturated heterocycles. The van der Waals surface area contributed by atoms with Crippen molar-refractivity contribution in [1.29, 1.82) is 0 Å². The fourth-order valence-corrected chi connectivity index (χ4v) is 3.26. The third-order valence-corrected chi connectivity index (χ3v) is 4.49. The van der Waals surface area contributed by atoms with Gasteiger partial charge in [-0.15, -0.1) is 5.10 Å². The lowest BCUT2D eigenvalue weighted by Gasteiger charge is -2.10. The predicted molar refractivity (Wildman–Crippen MR) is 91.3 cm³/mol. The number of tetrazole rings is 1. The Morgan fingerprint density at radius 3 is 2.74 bits per heavy atom. The molecule has 1 heterocycles. The number of thioether (sulfide) groups is 1. The molecule has 118 valence electrons. The zero-order valence-corrected chi connectivity index (χ0v) is 14.1. The Bertz CT molecular complexity index is 793. The largest absolute Gasteiger partial charge is 0.492 e. The molecule has 3 rings (SSSR count). The van der Waals surface area contributed by atoms with Crippen LogP contribution in [0.4, 0.5) is 0 Å². The number of nitrogens with zero attached hydrogens (tertiary/aromatic N) is 4. The van der Waals surface area contributed by atoms with Crippen LogP contribution in [-0.2, 0) is 5.75 Å². The van der Waals surface area contributed by atoms with Gasteiger partial charge in [0.25, 0.3) is 0 Å². The highest BCUT2D eigenvalue weighted by Gasteiger charge is 2.13. The third-order valence-electron chi connectivity index (χ3n) is 3.15. The number of hydrogen-bond acceptors (Lipinski definition) is 5. The quantitative estimate of drug-likeness (QED) is 0.631. The molecule has 7 heteroatoms. The molecule has 0 atom stereocenters. The van der Waals surface area contributed by atoms with Crippen molar-refractivity contribution in [3.8, 4) is 11.4 Å². The molecule has 3 aromatic rings. The highest BCUT2D eigenvalue weighted by Crippen LogP contribution is 2.29. The Balaban J connectivity index is 1.84. The number of para-hydroxylation sites is 2. The number of rotatable bonds is 6. The van der Waals surface area contributed by atoms with Crippen LogP contribution in [0.3, 0.4) is 0 Å². The Hall–Kier alpha value is -2.05. The second kappa shape index (κ2) is 7.48. The van der Waals surface area contributed by atoms with E-state index < -0.39 is 0 Å². The van der Waals surface area contributed by atoms with E-state index in [1.165, 1.54) is 11.8 Å². The smallest absolute Gasteiger partial charge is 0.214 e. The molecule has 0 aliphatic heterocycles. The molecule has 0 aliphatic carbocycles. The van der Waals surface area contributed by atoms with E-state index in [0.29, 0.717) is 17.5 Å². The first-order chi connectivity index (χ1) is 11.3. The van der Waals surface area contributed by atoms with Gasteiger partial charge < -0.3 is 4.74 Å². The SMILES string of the molecule is CCOc1ccccc1-n1nnnc1SCc1ccccc1Cl. The molecule has 0 spiro atoms. The molecule has 0 N–H and O–H groups in total. The monoisotopic (exact) mass is 346 g/mol. The maximum atomic E-state index is 6.20. The zero-order chi connectivity index (χ0) is 16.1. The highest BCUT2D eigenvalue weighted by atomic mass is 35.5. The van der Waals surface area contributed by atoms with Crippen molar-refractivity contribution in [1.82, 2.24) is 20.2 Å². The summed E-state index contributed by atoms with van der Waals surface area (Å²) in [5.41, 5.74) is 1.87. The Morgan fingerprint density at radius 1 is 1.13 bits per heavy atom. The first kappa shape index (κ1) is 15.8. The number of ether oxygens (including phenoxy) is 1. The molecular formula is C16H15ClN4OS. The van der Waals surface area contributed by atoms with Gasteiger partial charge >= 0.3 is 0 Å². The molecule has 5 nitrogen and oxygen atoms in total. The summed E-state index contributed by atoms with van der Waals surface area (Å²) in [4.78, 5) is 0. The van der Waals surface area contributed by atoms with Crippen molar-refractivity contribution in [2.75, 3.05) is 6.61 Å². The first-order valence-corrected chi connectivity index (χ1v) is 8.52. The molecule has 0 radical (unpaired) electrons. The van der Waals surface area contributed by atoms with Crippen LogP contribution >= 0.6 is 23.4 Å². The summed E-state index contributed by atoms with van der Waals surface area (Å²) in [6, 6.07) is 15.5. The minimum absolute atomic E-state index is 0.585. The van der Waals surface area contributed by atoms with Crippen LogP contribution in [0.15, 0.2) is 53.7 Å². The Kier molecular flexibility index (Phi) is 5.15. The molecule has 2 aromatic carbocycles. The van der Waals surface area contributed by atoms with Crippen LogP contribution in [0.1, 0.15) is 12.5 Å². The minimum Gasteiger partial charge on any atom is -0.492 e. The van der Waals surface area contributed by atoms with Crippen LogP contribution in [-0.4, -0.2) is 26.8 Å². The lowest BCUT2D eigenvalue weighted by Crippen LogP contribution is -2.03. The van der Waals surface area contributed by atoms with E-state index in [1.807, 2.05) is 55.5 Å². The van der Waals surface area contributed by atoms with Crippen molar-refractivity contribution in [3.63, 3.8) is 0 Å². The summed E-state index contributed by atoms with van der Waals surface area (Å²) in [6.45, 7) is 2.53. The number of hydrogen-bond donors (Lipinski definition) is 0. The van der Waals surface area contributed by atoms with Crippen LogP contribution in [0, 0.1) is 0 Å². The summed E-state index contributed by atoms with van der Waals surface area (Å²) in [5, 5.41) is 13.4. The zero-order valence-electron chi connectivity index (χ0n) is 12.5. The van der Waals surface area contributed by atoms with Crippen molar-refractivity contribution in [2.24, 2.45) is 0 Å². The van der Waals surface area contributed by atoms with Gasteiger partial charge in [-0.3, -0.25) is 0 Å². The summed E-state index contributed by atoms with van der Waals surface area (Å²) in [7, 11) is 0. The van der Waals surface area contributed by atoms with Crippen molar-refractivity contribution in [2.45, 2.75) is 17.8 Å². The first-order valence-electron chi connectivity index (χ1n) is 7.16. The predicted octanol–water partition coefficient (Wildman–Crippen LogP) is 4.01. The van der Waals surface area contributed by atoms with Crippen molar-refractivity contribution >= 4 is 23.4 Å². The molecule has 0 unspecified atom stereocenters. The van der Waals surface area contributed by atoms with E-state index in [1.54, 1.807) is 4.68 Å². The molecule has 0 aliphatic rings. The highest BCUT2D eigenvalue weighted by molar-refractivity contribution is 7.98. The molecule has 0 amide bonds. The van der Waals surface area contributed by atoms with Gasteiger partial charge in [-0.05, 0) is 41.1 Å². The lowest BCUT2D eigenvalue weighted by atomic mass is 10.2. The summed E-state index contributed by atoms with van der Waals surface area (Å²) < 4.78 is 7.34. The van der Waals surface area contributed by atoms with E-state index in [4.69, 9.17) is 16.3 Å². The molecular weight excluding hydrogens is 332 g/mol. The van der Waals surface area contributed by atoms with Gasteiger partial charge in [-0.1, -0.05) is 53.7 Å². The average Bonchev–Trinajstić information content (AvgIpc) is 3.03. The van der Waals surface area contributed by atoms with E-state index in [0.717, 1.165) is 22.0 Å². The normalized spacial score (nSPS) is 10.7. The van der Waals surface area contributed by atoms with Gasteiger partial charge in [0.05, 0.1) is 6.61 Å². The van der Waals surface area contributed by atoms with Gasteiger partial charge in [0.15, 0.2) is 0 Å². The summed E-state index contributed by atoms with van der Waals surface area (Å²) in [5.74, 6) is 1.44.